The quantitative estimate of drug-likeness (QED) is 0.152. The number of amides is 1. The van der Waals surface area contributed by atoms with E-state index in [-0.39, 0.29) is 11.3 Å². The first-order chi connectivity index (χ1) is 21.8. The number of nitrogens with one attached hydrogen (secondary N) is 1. The molecule has 5 rings (SSSR count). The third kappa shape index (κ3) is 10.1. The lowest BCUT2D eigenvalue weighted by Crippen LogP contribution is -2.38. The Morgan fingerprint density at radius 1 is 0.933 bits per heavy atom. The second-order valence-corrected chi connectivity index (χ2v) is 14.0. The van der Waals surface area contributed by atoms with Crippen molar-refractivity contribution in [3.63, 3.8) is 0 Å². The molecule has 1 aliphatic rings. The first-order valence-electron chi connectivity index (χ1n) is 16.3. The number of benzene rings is 3. The molecule has 0 atom stereocenters. The summed E-state index contributed by atoms with van der Waals surface area (Å²) in [5, 5.41) is 5.94. The number of hydrogen-bond donors (Lipinski definition) is 1. The molecule has 1 amide bonds. The Balaban J connectivity index is 1.25. The first kappa shape index (κ1) is 33.0. The predicted molar refractivity (Wildman–Crippen MR) is 185 cm³/mol. The van der Waals surface area contributed by atoms with E-state index in [0.717, 1.165) is 63.8 Å². The van der Waals surface area contributed by atoms with E-state index in [1.165, 1.54) is 22.3 Å². The molecule has 45 heavy (non-hydrogen) atoms. The maximum Gasteiger partial charge on any atom is 0.270 e. The van der Waals surface area contributed by atoms with Crippen molar-refractivity contribution in [2.45, 2.75) is 58.0 Å². The van der Waals surface area contributed by atoms with Crippen LogP contribution in [0.2, 0.25) is 0 Å². The van der Waals surface area contributed by atoms with E-state index in [0.29, 0.717) is 24.7 Å². The Kier molecular flexibility index (Phi) is 11.9. The van der Waals surface area contributed by atoms with Crippen molar-refractivity contribution in [3.05, 3.63) is 123 Å². The number of carbonyl (C=O) groups is 1. The van der Waals surface area contributed by atoms with Crippen LogP contribution in [-0.2, 0) is 23.2 Å². The summed E-state index contributed by atoms with van der Waals surface area (Å²) in [6, 6.07) is 30.7. The van der Waals surface area contributed by atoms with Gasteiger partial charge in [-0.15, -0.1) is 11.3 Å². The topological polar surface area (TPSA) is 57.7 Å². The minimum Gasteiger partial charge on any atom is -0.379 e. The van der Waals surface area contributed by atoms with Crippen LogP contribution in [0.3, 0.4) is 0 Å². The van der Waals surface area contributed by atoms with Crippen LogP contribution in [0, 0.1) is 0 Å². The molecule has 238 valence electrons. The van der Waals surface area contributed by atoms with Gasteiger partial charge < -0.3 is 10.1 Å². The number of thiazole rings is 1. The fraction of sp³-hybridized carbons (Fsp3) is 0.421. The summed E-state index contributed by atoms with van der Waals surface area (Å²) in [4.78, 5) is 22.6. The number of nitrogens with zero attached hydrogens (tertiary/aromatic N) is 3. The van der Waals surface area contributed by atoms with Crippen molar-refractivity contribution in [3.8, 4) is 0 Å². The second-order valence-electron chi connectivity index (χ2n) is 13.0. The lowest BCUT2D eigenvalue weighted by atomic mass is 9.86. The van der Waals surface area contributed by atoms with Gasteiger partial charge >= 0.3 is 0 Å². The summed E-state index contributed by atoms with van der Waals surface area (Å²) < 4.78 is 5.43. The monoisotopic (exact) mass is 624 g/mol. The zero-order valence-corrected chi connectivity index (χ0v) is 27.9. The molecular weight excluding hydrogens is 577 g/mol. The predicted octanol–water partition coefficient (Wildman–Crippen LogP) is 7.12. The zero-order chi connectivity index (χ0) is 31.5. The highest BCUT2D eigenvalue weighted by Crippen LogP contribution is 2.29. The van der Waals surface area contributed by atoms with Crippen LogP contribution in [0.15, 0.2) is 90.3 Å². The Morgan fingerprint density at radius 2 is 1.58 bits per heavy atom. The minimum atomic E-state index is -0.0861. The second kappa shape index (κ2) is 16.3. The van der Waals surface area contributed by atoms with Gasteiger partial charge in [-0.05, 0) is 53.6 Å². The summed E-state index contributed by atoms with van der Waals surface area (Å²) in [6.07, 6.45) is 1.91. The van der Waals surface area contributed by atoms with Crippen LogP contribution in [0.5, 0.6) is 0 Å². The summed E-state index contributed by atoms with van der Waals surface area (Å²) in [7, 11) is 0. The molecule has 3 aromatic carbocycles. The van der Waals surface area contributed by atoms with Gasteiger partial charge in [0.1, 0.15) is 10.7 Å². The molecule has 2 heterocycles. The van der Waals surface area contributed by atoms with Crippen LogP contribution in [0.4, 0.5) is 0 Å². The number of ether oxygens (including phenoxy) is 1. The van der Waals surface area contributed by atoms with E-state index < -0.39 is 0 Å². The van der Waals surface area contributed by atoms with Gasteiger partial charge in [0.05, 0.1) is 19.8 Å². The van der Waals surface area contributed by atoms with Crippen LogP contribution in [0.1, 0.15) is 77.3 Å². The van der Waals surface area contributed by atoms with Gasteiger partial charge in [0, 0.05) is 37.5 Å². The smallest absolute Gasteiger partial charge is 0.270 e. The van der Waals surface area contributed by atoms with Gasteiger partial charge in [-0.3, -0.25) is 14.6 Å². The zero-order valence-electron chi connectivity index (χ0n) is 27.1. The van der Waals surface area contributed by atoms with E-state index in [9.17, 15) is 4.79 Å². The van der Waals surface area contributed by atoms with E-state index in [1.807, 2.05) is 5.38 Å². The van der Waals surface area contributed by atoms with Crippen molar-refractivity contribution in [2.75, 3.05) is 45.9 Å². The molecule has 1 saturated heterocycles. The Bertz CT molecular complexity index is 1410. The summed E-state index contributed by atoms with van der Waals surface area (Å²) in [5.41, 5.74) is 5.93. The first-order valence-corrected chi connectivity index (χ1v) is 17.2. The highest BCUT2D eigenvalue weighted by molar-refractivity contribution is 7.09. The largest absolute Gasteiger partial charge is 0.379 e. The van der Waals surface area contributed by atoms with Gasteiger partial charge in [0.2, 0.25) is 0 Å². The fourth-order valence-electron chi connectivity index (χ4n) is 5.89. The average Bonchev–Trinajstić information content (AvgIpc) is 3.53. The average molecular weight is 625 g/mol. The molecule has 7 heteroatoms. The Morgan fingerprint density at radius 3 is 2.20 bits per heavy atom. The molecule has 1 N–H and O–H groups in total. The van der Waals surface area contributed by atoms with Crippen LogP contribution in [-0.4, -0.2) is 66.6 Å². The number of aromatic nitrogens is 1. The summed E-state index contributed by atoms with van der Waals surface area (Å²) >= 11 is 1.58. The summed E-state index contributed by atoms with van der Waals surface area (Å²) in [5.74, 6) is 0.213. The normalized spacial score (nSPS) is 14.2. The van der Waals surface area contributed by atoms with E-state index in [1.54, 1.807) is 11.3 Å². The van der Waals surface area contributed by atoms with Crippen LogP contribution in [0.25, 0.3) is 0 Å². The molecule has 0 aliphatic carbocycles. The van der Waals surface area contributed by atoms with Gasteiger partial charge in [0.15, 0.2) is 0 Å². The van der Waals surface area contributed by atoms with E-state index in [2.05, 4.69) is 121 Å². The van der Waals surface area contributed by atoms with Gasteiger partial charge in [-0.1, -0.05) is 106 Å². The fourth-order valence-corrected chi connectivity index (χ4v) is 6.71. The molecule has 4 aromatic rings. The highest BCUT2D eigenvalue weighted by Gasteiger charge is 2.19. The third-order valence-electron chi connectivity index (χ3n) is 8.55. The molecule has 6 nitrogen and oxygen atoms in total. The summed E-state index contributed by atoms with van der Waals surface area (Å²) in [6.45, 7) is 14.3. The van der Waals surface area contributed by atoms with Gasteiger partial charge in [-0.2, -0.15) is 0 Å². The minimum absolute atomic E-state index is 0.0861. The number of carbonyl (C=O) groups excluding carboxylic acids is 1. The molecule has 0 bridgehead atoms. The lowest BCUT2D eigenvalue weighted by Gasteiger charge is -2.26. The molecular formula is C38H48N4O2S. The van der Waals surface area contributed by atoms with Crippen molar-refractivity contribution in [2.24, 2.45) is 0 Å². The van der Waals surface area contributed by atoms with Gasteiger partial charge in [-0.25, -0.2) is 4.98 Å². The van der Waals surface area contributed by atoms with Crippen LogP contribution >= 0.6 is 11.3 Å². The number of hydrogen-bond acceptors (Lipinski definition) is 6. The maximum atomic E-state index is 12.9. The van der Waals surface area contributed by atoms with Crippen LogP contribution < -0.4 is 5.32 Å². The van der Waals surface area contributed by atoms with Crippen molar-refractivity contribution < 1.29 is 9.53 Å². The molecule has 1 fully saturated rings. The van der Waals surface area contributed by atoms with Crippen molar-refractivity contribution in [1.29, 1.82) is 0 Å². The lowest BCUT2D eigenvalue weighted by molar-refractivity contribution is 0.0374. The number of rotatable bonds is 14. The number of morpholine rings is 1. The molecule has 0 saturated carbocycles. The maximum absolute atomic E-state index is 12.9. The molecule has 0 unspecified atom stereocenters. The van der Waals surface area contributed by atoms with Crippen molar-refractivity contribution in [1.82, 2.24) is 20.1 Å². The molecule has 0 radical (unpaired) electrons. The molecule has 1 aromatic heterocycles. The highest BCUT2D eigenvalue weighted by atomic mass is 32.1. The van der Waals surface area contributed by atoms with E-state index >= 15 is 0 Å². The standard InChI is InChI=1S/C38H48N4O2S/c1-38(2,3)33-17-15-30(16-18-33)27-42(22-19-34(31-11-6-4-7-12-31)32-13-8-5-9-14-32)28-36-40-35(29-45-36)37(43)39-20-10-21-41-23-25-44-26-24-41/h4-9,11-18,29,34H,10,19-28H2,1-3H3,(H,39,43). The van der Waals surface area contributed by atoms with Crippen molar-refractivity contribution >= 4 is 17.2 Å². The molecule has 1 aliphatic heterocycles. The Labute approximate surface area is 273 Å². The SMILES string of the molecule is CC(C)(C)c1ccc(CN(CCC(c2ccccc2)c2ccccc2)Cc2nc(C(=O)NCCCN3CCOCC3)cs2)cc1. The van der Waals surface area contributed by atoms with Gasteiger partial charge in [0.25, 0.3) is 5.91 Å². The third-order valence-corrected chi connectivity index (χ3v) is 9.38. The Hall–Kier alpha value is -3.36. The van der Waals surface area contributed by atoms with E-state index in [4.69, 9.17) is 9.72 Å². The molecule has 0 spiro atoms.